The van der Waals surface area contributed by atoms with Crippen LogP contribution in [-0.2, 0) is 30.0 Å². The Morgan fingerprint density at radius 2 is 1.08 bits per heavy atom. The number of aromatic nitrogens is 4. The number of rotatable bonds is 10. The highest BCUT2D eigenvalue weighted by atomic mass is 35.5. The number of hydrogen-bond donors (Lipinski definition) is 1. The third-order valence-electron chi connectivity index (χ3n) is 9.99. The molecule has 0 atom stereocenters. The van der Waals surface area contributed by atoms with E-state index >= 15 is 0 Å². The Morgan fingerprint density at radius 1 is 0.629 bits per heavy atom. The van der Waals surface area contributed by atoms with E-state index in [4.69, 9.17) is 27.9 Å². The van der Waals surface area contributed by atoms with Gasteiger partial charge in [0.05, 0.1) is 65.2 Å². The molecule has 316 valence electrons. The zero-order chi connectivity index (χ0) is 44.0. The molecule has 1 saturated carbocycles. The van der Waals surface area contributed by atoms with Crippen molar-refractivity contribution in [2.45, 2.75) is 28.2 Å². The lowest BCUT2D eigenvalue weighted by Gasteiger charge is -2.08. The Balaban J connectivity index is 0.000000171. The Kier molecular flexibility index (Phi) is 11.9. The monoisotopic (exact) mass is 942 g/mol. The quantitative estimate of drug-likeness (QED) is 0.132. The van der Waals surface area contributed by atoms with Gasteiger partial charge in [0.25, 0.3) is 0 Å². The fraction of sp³-hybridized carbons (Fsp3) is 0.133. The number of thiophene rings is 2. The topological polar surface area (TPSA) is 150 Å². The lowest BCUT2D eigenvalue weighted by Crippen LogP contribution is -2.07. The van der Waals surface area contributed by atoms with Gasteiger partial charge in [-0.3, -0.25) is 0 Å². The first-order chi connectivity index (χ1) is 29.5. The maximum atomic E-state index is 12.1. The number of hydrogen-bond acceptors (Lipinski definition) is 11. The second-order valence-corrected chi connectivity index (χ2v) is 21.5. The van der Waals surface area contributed by atoms with Gasteiger partial charge in [0.2, 0.25) is 0 Å². The van der Waals surface area contributed by atoms with E-state index in [1.165, 1.54) is 42.3 Å². The molecule has 0 amide bonds. The van der Waals surface area contributed by atoms with Crippen LogP contribution < -0.4 is 0 Å². The van der Waals surface area contributed by atoms with Crippen LogP contribution in [0.2, 0.25) is 10.0 Å². The van der Waals surface area contributed by atoms with Crippen LogP contribution >= 0.6 is 45.9 Å². The molecule has 0 spiro atoms. The number of halogens is 2. The number of benzene rings is 4. The molecule has 0 radical (unpaired) electrons. The Bertz CT molecular complexity index is 3220. The third kappa shape index (κ3) is 9.06. The molecule has 62 heavy (non-hydrogen) atoms. The van der Waals surface area contributed by atoms with Crippen molar-refractivity contribution in [1.82, 2.24) is 19.6 Å². The summed E-state index contributed by atoms with van der Waals surface area (Å²) in [7, 11) is -5.29. The first-order valence-electron chi connectivity index (χ1n) is 18.8. The minimum Gasteiger partial charge on any atom is -0.464 e. The molecule has 1 aliphatic rings. The smallest absolute Gasteiger partial charge is 0.358 e. The second kappa shape index (κ2) is 17.1. The number of sulfone groups is 2. The van der Waals surface area contributed by atoms with Gasteiger partial charge < -0.3 is 9.84 Å². The lowest BCUT2D eigenvalue weighted by atomic mass is 10.2. The van der Waals surface area contributed by atoms with E-state index in [1.54, 1.807) is 57.9 Å². The zero-order valence-electron chi connectivity index (χ0n) is 33.2. The molecule has 1 N–H and O–H groups in total. The van der Waals surface area contributed by atoms with Crippen LogP contribution in [0.4, 0.5) is 0 Å². The van der Waals surface area contributed by atoms with Gasteiger partial charge in [-0.15, -0.1) is 22.7 Å². The number of carbonyl (C=O) groups is 1. The molecule has 1 fully saturated rings. The summed E-state index contributed by atoms with van der Waals surface area (Å²) in [4.78, 5) is 16.3. The number of aliphatic hydroxyl groups is 1. The zero-order valence-corrected chi connectivity index (χ0v) is 38.0. The van der Waals surface area contributed by atoms with E-state index in [9.17, 15) is 26.7 Å². The van der Waals surface area contributed by atoms with Crippen molar-refractivity contribution in [3.63, 3.8) is 0 Å². The average Bonchev–Trinajstić information content (AvgIpc) is 3.82. The summed E-state index contributed by atoms with van der Waals surface area (Å²) < 4.78 is 55.9. The van der Waals surface area contributed by atoms with Gasteiger partial charge in [0, 0.05) is 28.3 Å². The van der Waals surface area contributed by atoms with Crippen molar-refractivity contribution >= 4 is 71.5 Å². The molecule has 0 unspecified atom stereocenters. The molecular formula is C45H36Cl2N4O7S4. The van der Waals surface area contributed by atoms with Crippen LogP contribution in [0, 0.1) is 0 Å². The Hall–Kier alpha value is -5.39. The average molecular weight is 944 g/mol. The van der Waals surface area contributed by atoms with Gasteiger partial charge in [-0.1, -0.05) is 71.7 Å². The molecule has 9 rings (SSSR count). The first-order valence-corrected chi connectivity index (χ1v) is 25.0. The minimum atomic E-state index is -3.31. The van der Waals surface area contributed by atoms with E-state index in [1.807, 2.05) is 84.9 Å². The standard InChI is InChI=1S/C23H19ClN2O3S2.C22H17ClN2O4S2/c1-31(28,29)16-6-4-5-15(13-16)20-9-10-21(30-20)19-14-22(23(27)11-12-23)25-26(19)18-8-3-2-7-17(18)24;1-29-22(26)17-13-19(25(24-17)18-9-4-3-8-16(18)23)21-11-10-20(30-21)14-6-5-7-15(12-14)31(2,27)28/h2-10,13-14,27H,11-12H2,1H3;3-13H,1-2H3. The Labute approximate surface area is 376 Å². The molecule has 0 saturated heterocycles. The van der Waals surface area contributed by atoms with Crippen LogP contribution in [0.3, 0.4) is 0 Å². The molecule has 17 heteroatoms. The normalized spacial score (nSPS) is 13.3. The molecule has 4 heterocycles. The molecule has 8 aromatic rings. The third-order valence-corrected chi connectivity index (χ3v) is 15.2. The van der Waals surface area contributed by atoms with Crippen LogP contribution in [0.15, 0.2) is 143 Å². The highest BCUT2D eigenvalue weighted by Gasteiger charge is 2.45. The molecule has 4 aromatic carbocycles. The molecule has 0 bridgehead atoms. The summed E-state index contributed by atoms with van der Waals surface area (Å²) >= 11 is 15.8. The number of ether oxygens (including phenoxy) is 1. The van der Waals surface area contributed by atoms with Gasteiger partial charge >= 0.3 is 5.97 Å². The maximum absolute atomic E-state index is 12.1. The van der Waals surface area contributed by atoms with Crippen molar-refractivity contribution in [3.8, 4) is 53.4 Å². The largest absolute Gasteiger partial charge is 0.464 e. The number of esters is 1. The van der Waals surface area contributed by atoms with Crippen LogP contribution in [-0.4, -0.2) is 67.1 Å². The molecule has 4 aromatic heterocycles. The van der Waals surface area contributed by atoms with Crippen LogP contribution in [0.5, 0.6) is 0 Å². The maximum Gasteiger partial charge on any atom is 0.358 e. The summed E-state index contributed by atoms with van der Waals surface area (Å²) in [5.41, 5.74) is 4.42. The highest BCUT2D eigenvalue weighted by molar-refractivity contribution is 7.91. The van der Waals surface area contributed by atoms with Gasteiger partial charge in [0.1, 0.15) is 5.60 Å². The number of nitrogens with zero attached hydrogens (tertiary/aromatic N) is 4. The second-order valence-electron chi connectivity index (χ2n) is 14.5. The first kappa shape index (κ1) is 43.3. The van der Waals surface area contributed by atoms with Crippen molar-refractivity contribution < 1.29 is 31.5 Å². The molecule has 11 nitrogen and oxygen atoms in total. The van der Waals surface area contributed by atoms with Gasteiger partial charge in [-0.2, -0.15) is 10.2 Å². The fourth-order valence-corrected chi connectivity index (χ4v) is 10.3. The van der Waals surface area contributed by atoms with Crippen LogP contribution in [0.1, 0.15) is 29.0 Å². The van der Waals surface area contributed by atoms with E-state index < -0.39 is 31.2 Å². The summed E-state index contributed by atoms with van der Waals surface area (Å²) in [5, 5.41) is 20.8. The SMILES string of the molecule is COC(=O)c1cc(-c2ccc(-c3cccc(S(C)(=O)=O)c3)s2)n(-c2ccccc2Cl)n1.CS(=O)(=O)c1cccc(-c2ccc(-c3cc(C4(O)CC4)nn3-c3ccccc3Cl)s2)c1. The predicted octanol–water partition coefficient (Wildman–Crippen LogP) is 10.4. The lowest BCUT2D eigenvalue weighted by molar-refractivity contribution is 0.0593. The predicted molar refractivity (Wildman–Crippen MR) is 245 cm³/mol. The summed E-state index contributed by atoms with van der Waals surface area (Å²) in [6.45, 7) is 0. The van der Waals surface area contributed by atoms with E-state index in [-0.39, 0.29) is 10.6 Å². The Morgan fingerprint density at radius 3 is 1.53 bits per heavy atom. The summed E-state index contributed by atoms with van der Waals surface area (Å²) in [6.07, 6.45) is 3.78. The van der Waals surface area contributed by atoms with E-state index in [0.717, 1.165) is 42.0 Å². The molecule has 0 aliphatic heterocycles. The highest BCUT2D eigenvalue weighted by Crippen LogP contribution is 2.47. The van der Waals surface area contributed by atoms with Crippen LogP contribution in [0.25, 0.3) is 53.4 Å². The van der Waals surface area contributed by atoms with Gasteiger partial charge in [-0.25, -0.2) is 31.0 Å². The molecular weight excluding hydrogens is 908 g/mol. The summed E-state index contributed by atoms with van der Waals surface area (Å²) in [6, 6.07) is 39.7. The number of para-hydroxylation sites is 2. The van der Waals surface area contributed by atoms with Crippen molar-refractivity contribution in [1.29, 1.82) is 0 Å². The van der Waals surface area contributed by atoms with Gasteiger partial charge in [0.15, 0.2) is 25.4 Å². The minimum absolute atomic E-state index is 0.159. The fourth-order valence-electron chi connectivity index (χ4n) is 6.56. The van der Waals surface area contributed by atoms with Gasteiger partial charge in [-0.05, 0) is 103 Å². The van der Waals surface area contributed by atoms with Crippen molar-refractivity contribution in [2.24, 2.45) is 0 Å². The number of methoxy groups -OCH3 is 1. The van der Waals surface area contributed by atoms with E-state index in [2.05, 4.69) is 10.2 Å². The van der Waals surface area contributed by atoms with E-state index in [0.29, 0.717) is 44.9 Å². The van der Waals surface area contributed by atoms with Crippen molar-refractivity contribution in [2.75, 3.05) is 19.6 Å². The molecule has 1 aliphatic carbocycles. The summed E-state index contributed by atoms with van der Waals surface area (Å²) in [5.74, 6) is -0.551. The van der Waals surface area contributed by atoms with Crippen molar-refractivity contribution in [3.05, 3.63) is 155 Å². The number of carbonyl (C=O) groups excluding carboxylic acids is 1.